The third-order valence-electron chi connectivity index (χ3n) is 3.65. The quantitative estimate of drug-likeness (QED) is 0.590. The van der Waals surface area contributed by atoms with Gasteiger partial charge in [-0.2, -0.15) is 0 Å². The van der Waals surface area contributed by atoms with Crippen LogP contribution in [0.4, 0.5) is 0 Å². The second kappa shape index (κ2) is 5.76. The van der Waals surface area contributed by atoms with Crippen molar-refractivity contribution in [1.82, 2.24) is 20.4 Å². The summed E-state index contributed by atoms with van der Waals surface area (Å²) in [5.74, 6) is 0.738. The molecule has 0 amide bonds. The molecule has 0 saturated carbocycles. The Morgan fingerprint density at radius 3 is 1.68 bits per heavy atom. The van der Waals surface area contributed by atoms with Gasteiger partial charge in [-0.15, -0.1) is 12.4 Å². The molecule has 0 atom stereocenters. The lowest BCUT2D eigenvalue weighted by atomic mass is 9.89. The van der Waals surface area contributed by atoms with E-state index < -0.39 is 5.92 Å². The van der Waals surface area contributed by atoms with Gasteiger partial charge in [-0.05, 0) is 32.9 Å². The molecule has 22 heavy (non-hydrogen) atoms. The Balaban J connectivity index is 0.00000176. The Labute approximate surface area is 131 Å². The molecule has 0 aliphatic carbocycles. The van der Waals surface area contributed by atoms with Crippen LogP contribution in [0.1, 0.15) is 40.0 Å². The minimum atomic E-state index is -0.552. The van der Waals surface area contributed by atoms with Gasteiger partial charge in [0.25, 0.3) is 11.1 Å². The first-order valence-corrected chi connectivity index (χ1v) is 6.59. The van der Waals surface area contributed by atoms with Gasteiger partial charge >= 0.3 is 0 Å². The van der Waals surface area contributed by atoms with Gasteiger partial charge in [-0.1, -0.05) is 0 Å². The van der Waals surface area contributed by atoms with Crippen LogP contribution >= 0.6 is 12.4 Å². The number of halogens is 1. The van der Waals surface area contributed by atoms with Crippen LogP contribution in [0.15, 0.2) is 26.1 Å². The third kappa shape index (κ3) is 2.43. The highest BCUT2D eigenvalue weighted by Crippen LogP contribution is 2.31. The number of H-pyrrole nitrogens is 4. The van der Waals surface area contributed by atoms with Gasteiger partial charge < -0.3 is 14.6 Å². The lowest BCUT2D eigenvalue weighted by Crippen LogP contribution is -2.19. The average Bonchev–Trinajstić information content (AvgIpc) is 3.09. The highest BCUT2D eigenvalue weighted by atomic mass is 35.5. The molecule has 0 aromatic carbocycles. The first-order chi connectivity index (χ1) is 9.99. The molecule has 8 heteroatoms. The zero-order valence-corrected chi connectivity index (χ0v) is 13.2. The van der Waals surface area contributed by atoms with Crippen molar-refractivity contribution in [2.24, 2.45) is 0 Å². The van der Waals surface area contributed by atoms with Crippen molar-refractivity contribution in [2.45, 2.75) is 26.7 Å². The SMILES string of the molecule is Cc1ccc(C(c2c(C)[nH][nH]c2=O)c2c(C)[nH][nH]c2=O)o1.Cl. The Hall–Kier alpha value is -2.41. The van der Waals surface area contributed by atoms with E-state index in [1.54, 1.807) is 19.9 Å². The molecular weight excluding hydrogens is 308 g/mol. The summed E-state index contributed by atoms with van der Waals surface area (Å²) in [6.07, 6.45) is 0. The molecule has 4 N–H and O–H groups in total. The minimum absolute atomic E-state index is 0. The van der Waals surface area contributed by atoms with Gasteiger partial charge in [-0.25, -0.2) is 0 Å². The summed E-state index contributed by atoms with van der Waals surface area (Å²) in [5.41, 5.74) is 1.81. The third-order valence-corrected chi connectivity index (χ3v) is 3.65. The number of furan rings is 1. The van der Waals surface area contributed by atoms with E-state index in [4.69, 9.17) is 4.42 Å². The van der Waals surface area contributed by atoms with Crippen LogP contribution in [0.25, 0.3) is 0 Å². The molecular formula is C14H17ClN4O3. The molecule has 3 aromatic rings. The van der Waals surface area contributed by atoms with Crippen molar-refractivity contribution in [2.75, 3.05) is 0 Å². The number of aryl methyl sites for hydroxylation is 3. The van der Waals surface area contributed by atoms with Gasteiger partial charge in [0, 0.05) is 11.4 Å². The fourth-order valence-corrected chi connectivity index (χ4v) is 2.64. The van der Waals surface area contributed by atoms with Crippen molar-refractivity contribution in [1.29, 1.82) is 0 Å². The fraction of sp³-hybridized carbons (Fsp3) is 0.286. The topological polar surface area (TPSA) is 110 Å². The molecule has 0 unspecified atom stereocenters. The lowest BCUT2D eigenvalue weighted by Gasteiger charge is -2.12. The summed E-state index contributed by atoms with van der Waals surface area (Å²) >= 11 is 0. The Morgan fingerprint density at radius 2 is 1.36 bits per heavy atom. The summed E-state index contributed by atoms with van der Waals surface area (Å²) in [6, 6.07) is 3.60. The van der Waals surface area contributed by atoms with Crippen LogP contribution < -0.4 is 11.1 Å². The van der Waals surface area contributed by atoms with Gasteiger partial charge in [0.2, 0.25) is 0 Å². The van der Waals surface area contributed by atoms with E-state index in [-0.39, 0.29) is 23.5 Å². The van der Waals surface area contributed by atoms with E-state index in [0.29, 0.717) is 28.3 Å². The molecule has 0 spiro atoms. The summed E-state index contributed by atoms with van der Waals surface area (Å²) in [6.45, 7) is 5.39. The van der Waals surface area contributed by atoms with E-state index in [1.807, 2.05) is 13.0 Å². The number of nitrogens with one attached hydrogen (secondary N) is 4. The molecule has 0 fully saturated rings. The maximum atomic E-state index is 12.1. The second-order valence-corrected chi connectivity index (χ2v) is 5.12. The predicted molar refractivity (Wildman–Crippen MR) is 83.9 cm³/mol. The first-order valence-electron chi connectivity index (χ1n) is 6.59. The van der Waals surface area contributed by atoms with Crippen molar-refractivity contribution in [3.05, 3.63) is 66.9 Å². The second-order valence-electron chi connectivity index (χ2n) is 5.12. The molecule has 3 heterocycles. The molecule has 0 aliphatic rings. The summed E-state index contributed by atoms with van der Waals surface area (Å²) in [4.78, 5) is 24.3. The zero-order valence-electron chi connectivity index (χ0n) is 12.4. The normalized spacial score (nSPS) is 10.9. The van der Waals surface area contributed by atoms with Crippen LogP contribution in [0, 0.1) is 20.8 Å². The number of aromatic amines is 4. The first kappa shape index (κ1) is 16.0. The van der Waals surface area contributed by atoms with Gasteiger partial charge in [0.15, 0.2) is 0 Å². The van der Waals surface area contributed by atoms with Crippen molar-refractivity contribution >= 4 is 12.4 Å². The van der Waals surface area contributed by atoms with Crippen LogP contribution in [-0.4, -0.2) is 20.4 Å². The maximum absolute atomic E-state index is 12.1. The van der Waals surface area contributed by atoms with Crippen LogP contribution in [0.5, 0.6) is 0 Å². The van der Waals surface area contributed by atoms with Crippen molar-refractivity contribution < 1.29 is 4.42 Å². The van der Waals surface area contributed by atoms with E-state index in [1.165, 1.54) is 0 Å². The van der Waals surface area contributed by atoms with Crippen LogP contribution in [0.3, 0.4) is 0 Å². The predicted octanol–water partition coefficient (Wildman–Crippen LogP) is 1.84. The number of rotatable bonds is 3. The average molecular weight is 325 g/mol. The molecule has 0 aliphatic heterocycles. The van der Waals surface area contributed by atoms with Gasteiger partial charge in [0.05, 0.1) is 17.0 Å². The van der Waals surface area contributed by atoms with E-state index >= 15 is 0 Å². The molecule has 3 rings (SSSR count). The van der Waals surface area contributed by atoms with E-state index in [2.05, 4.69) is 20.4 Å². The summed E-state index contributed by atoms with van der Waals surface area (Å²) in [7, 11) is 0. The lowest BCUT2D eigenvalue weighted by molar-refractivity contribution is 0.476. The minimum Gasteiger partial charge on any atom is -0.465 e. The van der Waals surface area contributed by atoms with Crippen LogP contribution in [-0.2, 0) is 0 Å². The van der Waals surface area contributed by atoms with Crippen LogP contribution in [0.2, 0.25) is 0 Å². The highest BCUT2D eigenvalue weighted by Gasteiger charge is 2.30. The smallest absolute Gasteiger partial charge is 0.268 e. The Kier molecular flexibility index (Phi) is 4.18. The number of hydrogen-bond donors (Lipinski definition) is 4. The Morgan fingerprint density at radius 1 is 0.864 bits per heavy atom. The van der Waals surface area contributed by atoms with E-state index in [0.717, 1.165) is 5.76 Å². The molecule has 118 valence electrons. The summed E-state index contributed by atoms with van der Waals surface area (Å²) < 4.78 is 5.68. The van der Waals surface area contributed by atoms with Gasteiger partial charge in [-0.3, -0.25) is 19.8 Å². The number of hydrogen-bond acceptors (Lipinski definition) is 3. The van der Waals surface area contributed by atoms with Gasteiger partial charge in [0.1, 0.15) is 11.5 Å². The van der Waals surface area contributed by atoms with Crippen molar-refractivity contribution in [3.8, 4) is 0 Å². The molecule has 3 aromatic heterocycles. The summed E-state index contributed by atoms with van der Waals surface area (Å²) in [5, 5.41) is 10.7. The van der Waals surface area contributed by atoms with E-state index in [9.17, 15) is 9.59 Å². The maximum Gasteiger partial charge on any atom is 0.268 e. The molecule has 0 bridgehead atoms. The molecule has 0 saturated heterocycles. The fourth-order valence-electron chi connectivity index (χ4n) is 2.64. The number of aromatic nitrogens is 4. The molecule has 0 radical (unpaired) electrons. The van der Waals surface area contributed by atoms with Crippen molar-refractivity contribution in [3.63, 3.8) is 0 Å². The zero-order chi connectivity index (χ0) is 15.1. The highest BCUT2D eigenvalue weighted by molar-refractivity contribution is 5.85. The molecule has 7 nitrogen and oxygen atoms in total. The Bertz CT molecular complexity index is 841. The standard InChI is InChI=1S/C14H16N4O3.ClH/c1-6-4-5-9(21-6)12(10-7(2)15-17-13(10)19)11-8(3)16-18-14(11)20;/h4-5,12H,1-3H3,(H2,15,17,19)(H2,16,18,20);1H. The monoisotopic (exact) mass is 324 g/mol. The largest absolute Gasteiger partial charge is 0.465 e.